The van der Waals surface area contributed by atoms with Gasteiger partial charge in [-0.05, 0) is 6.42 Å². The summed E-state index contributed by atoms with van der Waals surface area (Å²) in [6.07, 6.45) is 20.8. The zero-order valence-corrected chi connectivity index (χ0v) is 17.9. The van der Waals surface area contributed by atoms with Crippen molar-refractivity contribution in [3.8, 4) is 0 Å². The number of rotatable bonds is 17. The minimum absolute atomic E-state index is 0. The van der Waals surface area contributed by atoms with Crippen molar-refractivity contribution in [3.63, 3.8) is 0 Å². The van der Waals surface area contributed by atoms with Crippen molar-refractivity contribution in [1.82, 2.24) is 0 Å². The van der Waals surface area contributed by atoms with Crippen LogP contribution in [0.15, 0.2) is 12.7 Å². The minimum atomic E-state index is -0.652. The van der Waals surface area contributed by atoms with Crippen LogP contribution in [0.4, 0.5) is 0 Å². The Balaban J connectivity index is -0.000000882. The molecular weight excluding hydrogens is 325 g/mol. The van der Waals surface area contributed by atoms with Crippen LogP contribution >= 0.6 is 0 Å². The molecule has 0 fully saturated rings. The molecule has 0 rings (SSSR count). The maximum atomic E-state index is 11.3. The molecule has 0 N–H and O–H groups in total. The molecule has 0 unspecified atom stereocenters. The fourth-order valence-electron chi connectivity index (χ4n) is 2.85. The number of carbonyl (C=O) groups excluding carboxylic acids is 2. The summed E-state index contributed by atoms with van der Waals surface area (Å²) < 4.78 is 4.52. The summed E-state index contributed by atoms with van der Waals surface area (Å²) in [5.74, 6) is -1.09. The molecule has 0 amide bonds. The standard InChI is InChI=1S/C21H38O3.Mg.2H/c1-3-5-6-7-8-9-10-11-12-13-14-15-16-17-18-19-21(23)24-20(22)4-2;;;/h4H,2-3,5-19H2,1H3;;;/q;+2;2*-1. The molecule has 0 saturated carbocycles. The SMILES string of the molecule is C=CC(=O)OC(=O)CCCCCCCCCCCCCCCCC.[H-].[H-].[Mg+2]. The van der Waals surface area contributed by atoms with Gasteiger partial charge in [-0.1, -0.05) is 103 Å². The maximum Gasteiger partial charge on any atom is 2.00 e. The minimum Gasteiger partial charge on any atom is -1.00 e. The van der Waals surface area contributed by atoms with Gasteiger partial charge in [0.1, 0.15) is 0 Å². The molecule has 0 saturated heterocycles. The number of unbranched alkanes of at least 4 members (excludes halogenated alkanes) is 14. The molecule has 144 valence electrons. The normalized spacial score (nSPS) is 10.1. The van der Waals surface area contributed by atoms with Crippen molar-refractivity contribution in [1.29, 1.82) is 0 Å². The van der Waals surface area contributed by atoms with Crippen LogP contribution in [0.1, 0.15) is 113 Å². The van der Waals surface area contributed by atoms with Gasteiger partial charge in [0.25, 0.3) is 0 Å². The molecule has 0 spiro atoms. The van der Waals surface area contributed by atoms with Crippen LogP contribution in [0, 0.1) is 0 Å². The van der Waals surface area contributed by atoms with Gasteiger partial charge in [0, 0.05) is 12.5 Å². The largest absolute Gasteiger partial charge is 2.00 e. The Hall–Kier alpha value is -0.354. The van der Waals surface area contributed by atoms with Gasteiger partial charge in [0.05, 0.1) is 0 Å². The van der Waals surface area contributed by atoms with E-state index in [9.17, 15) is 9.59 Å². The second kappa shape index (κ2) is 21.7. The monoisotopic (exact) mass is 364 g/mol. The van der Waals surface area contributed by atoms with Crippen molar-refractivity contribution < 1.29 is 17.2 Å². The van der Waals surface area contributed by atoms with Gasteiger partial charge in [0.2, 0.25) is 0 Å². The predicted molar refractivity (Wildman–Crippen MR) is 109 cm³/mol. The van der Waals surface area contributed by atoms with Crippen LogP contribution in [-0.4, -0.2) is 35.0 Å². The van der Waals surface area contributed by atoms with Crippen molar-refractivity contribution in [2.45, 2.75) is 110 Å². The van der Waals surface area contributed by atoms with E-state index in [4.69, 9.17) is 0 Å². The third-order valence-corrected chi connectivity index (χ3v) is 4.37. The molecule has 0 aliphatic carbocycles. The molecule has 0 bridgehead atoms. The van der Waals surface area contributed by atoms with E-state index in [1.165, 1.54) is 83.5 Å². The summed E-state index contributed by atoms with van der Waals surface area (Å²) in [7, 11) is 0. The van der Waals surface area contributed by atoms with E-state index < -0.39 is 11.9 Å². The van der Waals surface area contributed by atoms with Gasteiger partial charge in [-0.3, -0.25) is 4.79 Å². The van der Waals surface area contributed by atoms with Crippen LogP contribution in [-0.2, 0) is 14.3 Å². The first kappa shape index (κ1) is 26.9. The first-order chi connectivity index (χ1) is 11.7. The zero-order valence-electron chi connectivity index (χ0n) is 18.5. The number of esters is 2. The van der Waals surface area contributed by atoms with Gasteiger partial charge in [-0.2, -0.15) is 0 Å². The molecule has 3 nitrogen and oxygen atoms in total. The van der Waals surface area contributed by atoms with Crippen LogP contribution in [0.3, 0.4) is 0 Å². The molecule has 0 aromatic rings. The van der Waals surface area contributed by atoms with Crippen LogP contribution in [0.5, 0.6) is 0 Å². The molecule has 0 atom stereocenters. The predicted octanol–water partition coefficient (Wildman–Crippen LogP) is 6.35. The van der Waals surface area contributed by atoms with Crippen molar-refractivity contribution >= 4 is 35.0 Å². The molecule has 0 heterocycles. The molecule has 0 radical (unpaired) electrons. The fraction of sp³-hybridized carbons (Fsp3) is 0.810. The summed E-state index contributed by atoms with van der Waals surface area (Å²) in [4.78, 5) is 22.1. The van der Waals surface area contributed by atoms with Gasteiger partial charge in [-0.15, -0.1) is 0 Å². The van der Waals surface area contributed by atoms with E-state index in [0.29, 0.717) is 6.42 Å². The Morgan fingerprint density at radius 2 is 1.12 bits per heavy atom. The summed E-state index contributed by atoms with van der Waals surface area (Å²) >= 11 is 0. The van der Waals surface area contributed by atoms with Gasteiger partial charge in [-0.25, -0.2) is 4.79 Å². The second-order valence-electron chi connectivity index (χ2n) is 6.70. The number of ether oxygens (including phenoxy) is 1. The maximum absolute atomic E-state index is 11.3. The third kappa shape index (κ3) is 21.6. The van der Waals surface area contributed by atoms with Gasteiger partial charge in [0.15, 0.2) is 0 Å². The zero-order chi connectivity index (χ0) is 17.9. The number of carbonyl (C=O) groups is 2. The summed E-state index contributed by atoms with van der Waals surface area (Å²) in [5, 5.41) is 0. The average molecular weight is 365 g/mol. The third-order valence-electron chi connectivity index (χ3n) is 4.37. The average Bonchev–Trinajstić information content (AvgIpc) is 2.58. The molecule has 0 aliphatic rings. The van der Waals surface area contributed by atoms with E-state index in [-0.39, 0.29) is 25.9 Å². The van der Waals surface area contributed by atoms with Gasteiger partial charge < -0.3 is 7.59 Å². The molecule has 25 heavy (non-hydrogen) atoms. The number of hydrogen-bond acceptors (Lipinski definition) is 3. The Bertz CT molecular complexity index is 339. The topological polar surface area (TPSA) is 43.4 Å². The fourth-order valence-corrected chi connectivity index (χ4v) is 2.85. The van der Waals surface area contributed by atoms with E-state index >= 15 is 0 Å². The van der Waals surface area contributed by atoms with E-state index in [1.54, 1.807) is 0 Å². The second-order valence-corrected chi connectivity index (χ2v) is 6.70. The quantitative estimate of drug-likeness (QED) is 0.0992. The van der Waals surface area contributed by atoms with Gasteiger partial charge >= 0.3 is 35.0 Å². The van der Waals surface area contributed by atoms with E-state index in [1.807, 2.05) is 0 Å². The Kier molecular flexibility index (Phi) is 23.3. The van der Waals surface area contributed by atoms with Crippen LogP contribution in [0.2, 0.25) is 0 Å². The van der Waals surface area contributed by atoms with E-state index in [2.05, 4.69) is 18.2 Å². The van der Waals surface area contributed by atoms with E-state index in [0.717, 1.165) is 18.9 Å². The Morgan fingerprint density at radius 3 is 1.48 bits per heavy atom. The first-order valence-corrected chi connectivity index (χ1v) is 10.1. The molecule has 4 heteroatoms. The Morgan fingerprint density at radius 1 is 0.760 bits per heavy atom. The molecule has 0 aromatic heterocycles. The smallest absolute Gasteiger partial charge is 1.00 e. The van der Waals surface area contributed by atoms with Crippen molar-refractivity contribution in [2.75, 3.05) is 0 Å². The van der Waals surface area contributed by atoms with Crippen molar-refractivity contribution in [2.24, 2.45) is 0 Å². The number of hydrogen-bond donors (Lipinski definition) is 0. The summed E-state index contributed by atoms with van der Waals surface area (Å²) in [6.45, 7) is 5.53. The summed E-state index contributed by atoms with van der Waals surface area (Å²) in [5.41, 5.74) is 0. The molecule has 0 aliphatic heterocycles. The van der Waals surface area contributed by atoms with Crippen LogP contribution in [0.25, 0.3) is 0 Å². The molecule has 0 aromatic carbocycles. The first-order valence-electron chi connectivity index (χ1n) is 10.1. The molecular formula is C21H40MgO3. The summed E-state index contributed by atoms with van der Waals surface area (Å²) in [6, 6.07) is 0. The van der Waals surface area contributed by atoms with Crippen molar-refractivity contribution in [3.05, 3.63) is 12.7 Å². The Labute approximate surface area is 174 Å². The van der Waals surface area contributed by atoms with Crippen LogP contribution < -0.4 is 0 Å².